The number of nitrogens with zero attached hydrogens (tertiary/aromatic N) is 1. The average Bonchev–Trinajstić information content (AvgIpc) is 2.95. The molecule has 1 fully saturated rings. The summed E-state index contributed by atoms with van der Waals surface area (Å²) in [4.78, 5) is 26.3. The molecule has 0 bridgehead atoms. The van der Waals surface area contributed by atoms with Crippen molar-refractivity contribution in [1.82, 2.24) is 15.5 Å². The molecule has 2 aliphatic heterocycles. The Morgan fingerprint density at radius 2 is 1.80 bits per heavy atom. The summed E-state index contributed by atoms with van der Waals surface area (Å²) in [5.74, 6) is -0.295. The lowest BCUT2D eigenvalue weighted by Gasteiger charge is -2.26. The largest absolute Gasteiger partial charge is 0.456 e. The number of likely N-dealkylation sites (tertiary alicyclic amines) is 1. The summed E-state index contributed by atoms with van der Waals surface area (Å²) in [5, 5.41) is 5.69. The zero-order valence-electron chi connectivity index (χ0n) is 15.6. The van der Waals surface area contributed by atoms with E-state index in [0.29, 0.717) is 24.4 Å². The molecule has 2 aliphatic rings. The predicted molar refractivity (Wildman–Crippen MR) is 98.2 cm³/mol. The molecule has 6 nitrogen and oxygen atoms in total. The van der Waals surface area contributed by atoms with Crippen molar-refractivity contribution in [1.29, 1.82) is 0 Å². The van der Waals surface area contributed by atoms with E-state index in [1.807, 2.05) is 0 Å². The smallest absolute Gasteiger partial charge is 0.337 e. The molecular weight excluding hydrogens is 318 g/mol. The van der Waals surface area contributed by atoms with E-state index in [0.717, 1.165) is 25.9 Å². The van der Waals surface area contributed by atoms with Crippen LogP contribution in [0.25, 0.3) is 0 Å². The molecule has 0 saturated carbocycles. The summed E-state index contributed by atoms with van der Waals surface area (Å²) in [5.41, 5.74) is 1.23. The lowest BCUT2D eigenvalue weighted by atomic mass is 10.1. The van der Waals surface area contributed by atoms with Crippen LogP contribution in [0.1, 0.15) is 64.7 Å². The van der Waals surface area contributed by atoms with E-state index in [4.69, 9.17) is 4.74 Å². The van der Waals surface area contributed by atoms with Crippen molar-refractivity contribution < 1.29 is 14.3 Å². The molecule has 2 amide bonds. The fourth-order valence-corrected chi connectivity index (χ4v) is 3.34. The second-order valence-electron chi connectivity index (χ2n) is 7.02. The minimum atomic E-state index is -0.295. The van der Waals surface area contributed by atoms with Gasteiger partial charge in [-0.1, -0.05) is 45.4 Å². The second kappa shape index (κ2) is 11.1. The molecule has 25 heavy (non-hydrogen) atoms. The van der Waals surface area contributed by atoms with E-state index in [-0.39, 0.29) is 18.6 Å². The molecule has 0 spiro atoms. The third kappa shape index (κ3) is 7.06. The number of carbonyl (C=O) groups excluding carboxylic acids is 2. The highest BCUT2D eigenvalue weighted by molar-refractivity contribution is 5.93. The summed E-state index contributed by atoms with van der Waals surface area (Å²) in [6.07, 6.45) is 10.8. The van der Waals surface area contributed by atoms with Crippen LogP contribution < -0.4 is 10.6 Å². The molecule has 2 heterocycles. The topological polar surface area (TPSA) is 70.7 Å². The number of cyclic esters (lactones) is 1. The fourth-order valence-electron chi connectivity index (χ4n) is 3.34. The van der Waals surface area contributed by atoms with Gasteiger partial charge in [0.25, 0.3) is 0 Å². The molecule has 2 rings (SSSR count). The summed E-state index contributed by atoms with van der Waals surface area (Å²) < 4.78 is 5.12. The summed E-state index contributed by atoms with van der Waals surface area (Å²) in [6.45, 7) is 5.64. The molecule has 0 aliphatic carbocycles. The van der Waals surface area contributed by atoms with Gasteiger partial charge in [0.15, 0.2) is 0 Å². The fraction of sp³-hybridized carbons (Fsp3) is 0.789. The summed E-state index contributed by atoms with van der Waals surface area (Å²) >= 11 is 0. The highest BCUT2D eigenvalue weighted by atomic mass is 16.5. The minimum absolute atomic E-state index is 0.173. The average molecular weight is 351 g/mol. The van der Waals surface area contributed by atoms with Gasteiger partial charge in [0.1, 0.15) is 6.61 Å². The van der Waals surface area contributed by atoms with Crippen molar-refractivity contribution in [2.75, 3.05) is 32.8 Å². The zero-order chi connectivity index (χ0) is 17.9. The first kappa shape index (κ1) is 19.8. The molecule has 0 atom stereocenters. The monoisotopic (exact) mass is 351 g/mol. The number of urea groups is 1. The molecule has 0 unspecified atom stereocenters. The Balaban J connectivity index is 1.70. The lowest BCUT2D eigenvalue weighted by Crippen LogP contribution is -2.38. The number of unbranched alkanes of at least 4 members (excludes halogenated alkanes) is 5. The van der Waals surface area contributed by atoms with Crippen molar-refractivity contribution in [2.24, 2.45) is 0 Å². The highest BCUT2D eigenvalue weighted by Crippen LogP contribution is 2.18. The molecule has 6 heteroatoms. The standard InChI is InChI=1S/C19H33N3O3/c1-2-3-4-5-6-8-11-20-19(24)21-17-15-25-18(23)16(17)14-22-12-9-7-10-13-22/h2-15H2,1H3,(H2,20,21,24). The van der Waals surface area contributed by atoms with Gasteiger partial charge in [-0.3, -0.25) is 4.90 Å². The molecular formula is C19H33N3O3. The minimum Gasteiger partial charge on any atom is -0.456 e. The Morgan fingerprint density at radius 1 is 1.08 bits per heavy atom. The normalized spacial score (nSPS) is 18.4. The van der Waals surface area contributed by atoms with E-state index in [1.54, 1.807) is 0 Å². The van der Waals surface area contributed by atoms with Gasteiger partial charge in [-0.05, 0) is 32.4 Å². The van der Waals surface area contributed by atoms with Crippen LogP contribution in [-0.2, 0) is 9.53 Å². The number of nitrogens with one attached hydrogen (secondary N) is 2. The maximum atomic E-state index is 12.0. The summed E-state index contributed by atoms with van der Waals surface area (Å²) in [7, 11) is 0. The van der Waals surface area contributed by atoms with Crippen LogP contribution in [0.3, 0.4) is 0 Å². The van der Waals surface area contributed by atoms with Crippen LogP contribution in [0.2, 0.25) is 0 Å². The van der Waals surface area contributed by atoms with Crippen LogP contribution in [0.4, 0.5) is 4.79 Å². The number of rotatable bonds is 10. The quantitative estimate of drug-likeness (QED) is 0.469. The molecule has 0 aromatic carbocycles. The second-order valence-corrected chi connectivity index (χ2v) is 7.02. The van der Waals surface area contributed by atoms with Crippen molar-refractivity contribution in [3.63, 3.8) is 0 Å². The number of carbonyl (C=O) groups is 2. The van der Waals surface area contributed by atoms with Crippen LogP contribution in [0.5, 0.6) is 0 Å². The number of hydrogen-bond acceptors (Lipinski definition) is 4. The van der Waals surface area contributed by atoms with E-state index in [1.165, 1.54) is 44.9 Å². The number of amides is 2. The van der Waals surface area contributed by atoms with E-state index in [2.05, 4.69) is 22.5 Å². The van der Waals surface area contributed by atoms with Crippen molar-refractivity contribution in [3.8, 4) is 0 Å². The van der Waals surface area contributed by atoms with E-state index < -0.39 is 0 Å². The van der Waals surface area contributed by atoms with Gasteiger partial charge in [0, 0.05) is 13.1 Å². The van der Waals surface area contributed by atoms with Crippen molar-refractivity contribution in [2.45, 2.75) is 64.7 Å². The van der Waals surface area contributed by atoms with Crippen LogP contribution in [-0.4, -0.2) is 49.7 Å². The Kier molecular flexibility index (Phi) is 8.80. The van der Waals surface area contributed by atoms with Gasteiger partial charge in [0.2, 0.25) is 0 Å². The first-order valence-electron chi connectivity index (χ1n) is 9.87. The molecule has 142 valence electrons. The van der Waals surface area contributed by atoms with Gasteiger partial charge < -0.3 is 15.4 Å². The molecule has 0 aromatic rings. The Morgan fingerprint density at radius 3 is 2.56 bits per heavy atom. The Hall–Kier alpha value is -1.56. The first-order valence-corrected chi connectivity index (χ1v) is 9.87. The van der Waals surface area contributed by atoms with Crippen LogP contribution >= 0.6 is 0 Å². The van der Waals surface area contributed by atoms with Crippen LogP contribution in [0.15, 0.2) is 11.3 Å². The number of hydrogen-bond donors (Lipinski definition) is 2. The highest BCUT2D eigenvalue weighted by Gasteiger charge is 2.28. The number of piperidine rings is 1. The lowest BCUT2D eigenvalue weighted by molar-refractivity contribution is -0.136. The van der Waals surface area contributed by atoms with Gasteiger partial charge in [-0.25, -0.2) is 9.59 Å². The molecule has 0 aromatic heterocycles. The van der Waals surface area contributed by atoms with E-state index in [9.17, 15) is 9.59 Å². The maximum absolute atomic E-state index is 12.0. The number of ether oxygens (including phenoxy) is 1. The number of esters is 1. The van der Waals surface area contributed by atoms with Crippen molar-refractivity contribution in [3.05, 3.63) is 11.3 Å². The third-order valence-corrected chi connectivity index (χ3v) is 4.87. The SMILES string of the molecule is CCCCCCCCNC(=O)NC1=C(CN2CCCCC2)C(=O)OC1. The van der Waals surface area contributed by atoms with Crippen LogP contribution in [0, 0.1) is 0 Å². The van der Waals surface area contributed by atoms with Gasteiger partial charge in [-0.2, -0.15) is 0 Å². The Labute approximate surface area is 151 Å². The van der Waals surface area contributed by atoms with Crippen molar-refractivity contribution >= 4 is 12.0 Å². The maximum Gasteiger partial charge on any atom is 0.337 e. The molecule has 1 saturated heterocycles. The third-order valence-electron chi connectivity index (χ3n) is 4.87. The van der Waals surface area contributed by atoms with E-state index >= 15 is 0 Å². The molecule has 2 N–H and O–H groups in total. The predicted octanol–water partition coefficient (Wildman–Crippen LogP) is 2.94. The Bertz CT molecular complexity index is 471. The zero-order valence-corrected chi connectivity index (χ0v) is 15.6. The van der Waals surface area contributed by atoms with Gasteiger partial charge in [0.05, 0.1) is 11.3 Å². The summed E-state index contributed by atoms with van der Waals surface area (Å²) in [6, 6.07) is -0.238. The van der Waals surface area contributed by atoms with Gasteiger partial charge in [-0.15, -0.1) is 0 Å². The molecule has 0 radical (unpaired) electrons. The van der Waals surface area contributed by atoms with Gasteiger partial charge >= 0.3 is 12.0 Å². The first-order chi connectivity index (χ1) is 12.2.